The molecule has 0 radical (unpaired) electrons. The second-order valence-electron chi connectivity index (χ2n) is 3.08. The summed E-state index contributed by atoms with van der Waals surface area (Å²) in [5, 5.41) is 16.3. The number of hydrogen-bond donors (Lipinski definition) is 0. The lowest BCUT2D eigenvalue weighted by Gasteiger charge is -1.97. The van der Waals surface area contributed by atoms with Gasteiger partial charge in [-0.1, -0.05) is 5.21 Å². The fraction of sp³-hybridized carbons (Fsp3) is 0.100. The van der Waals surface area contributed by atoms with Crippen LogP contribution in [0.4, 0.5) is 4.39 Å². The molecule has 2 aromatic rings. The van der Waals surface area contributed by atoms with Crippen LogP contribution >= 0.6 is 0 Å². The topological polar surface area (TPSA) is 54.5 Å². The molecule has 0 aliphatic carbocycles. The average Bonchev–Trinajstić information content (AvgIpc) is 2.66. The highest BCUT2D eigenvalue weighted by atomic mass is 19.1. The van der Waals surface area contributed by atoms with Gasteiger partial charge >= 0.3 is 0 Å². The van der Waals surface area contributed by atoms with Crippen molar-refractivity contribution < 1.29 is 4.39 Å². The van der Waals surface area contributed by atoms with Crippen LogP contribution in [0, 0.1) is 17.1 Å². The van der Waals surface area contributed by atoms with Gasteiger partial charge in [-0.05, 0) is 18.2 Å². The molecule has 0 amide bonds. The summed E-state index contributed by atoms with van der Waals surface area (Å²) >= 11 is 0. The van der Waals surface area contributed by atoms with Gasteiger partial charge in [-0.2, -0.15) is 5.26 Å². The zero-order chi connectivity index (χ0) is 10.8. The minimum atomic E-state index is -0.523. The van der Waals surface area contributed by atoms with Crippen LogP contribution in [0.3, 0.4) is 0 Å². The van der Waals surface area contributed by atoms with Gasteiger partial charge in [0.05, 0.1) is 11.8 Å². The standard InChI is InChI=1S/C10H7FN4/c1-15-6-10(13-14-15)7-2-3-9(11)8(4-7)5-12/h2-4,6H,1H3. The van der Waals surface area contributed by atoms with Crippen molar-refractivity contribution in [1.82, 2.24) is 15.0 Å². The third-order valence-corrected chi connectivity index (χ3v) is 1.99. The molecule has 0 unspecified atom stereocenters. The quantitative estimate of drug-likeness (QED) is 0.704. The molecule has 0 fully saturated rings. The fourth-order valence-corrected chi connectivity index (χ4v) is 1.25. The first-order valence-corrected chi connectivity index (χ1v) is 4.27. The molecule has 0 saturated carbocycles. The Bertz CT molecular complexity index is 539. The summed E-state index contributed by atoms with van der Waals surface area (Å²) < 4.78 is 14.6. The lowest BCUT2D eigenvalue weighted by atomic mass is 10.1. The lowest BCUT2D eigenvalue weighted by molar-refractivity contribution is 0.624. The van der Waals surface area contributed by atoms with Gasteiger partial charge in [0, 0.05) is 12.6 Å². The summed E-state index contributed by atoms with van der Waals surface area (Å²) in [5.74, 6) is -0.523. The van der Waals surface area contributed by atoms with E-state index in [1.54, 1.807) is 30.1 Å². The minimum absolute atomic E-state index is 0.0122. The predicted octanol–water partition coefficient (Wildman–Crippen LogP) is 1.49. The maximum absolute atomic E-state index is 13.0. The summed E-state index contributed by atoms with van der Waals surface area (Å²) in [6.07, 6.45) is 1.70. The fourth-order valence-electron chi connectivity index (χ4n) is 1.25. The highest BCUT2D eigenvalue weighted by Gasteiger charge is 2.06. The molecule has 0 saturated heterocycles. The summed E-state index contributed by atoms with van der Waals surface area (Å²) in [6.45, 7) is 0. The van der Waals surface area contributed by atoms with E-state index >= 15 is 0 Å². The van der Waals surface area contributed by atoms with Crippen LogP contribution in [0.15, 0.2) is 24.4 Å². The molecule has 0 aliphatic rings. The van der Waals surface area contributed by atoms with Crippen LogP contribution in [0.2, 0.25) is 0 Å². The number of benzene rings is 1. The summed E-state index contributed by atoms with van der Waals surface area (Å²) in [7, 11) is 1.74. The molecule has 0 atom stereocenters. The molecular weight excluding hydrogens is 195 g/mol. The SMILES string of the molecule is Cn1cc(-c2ccc(F)c(C#N)c2)nn1. The highest BCUT2D eigenvalue weighted by molar-refractivity contribution is 5.60. The second-order valence-corrected chi connectivity index (χ2v) is 3.08. The lowest BCUT2D eigenvalue weighted by Crippen LogP contribution is -1.85. The normalized spacial score (nSPS) is 9.93. The van der Waals surface area contributed by atoms with Crippen molar-refractivity contribution in [1.29, 1.82) is 5.26 Å². The van der Waals surface area contributed by atoms with Crippen LogP contribution in [0.1, 0.15) is 5.56 Å². The monoisotopic (exact) mass is 202 g/mol. The van der Waals surface area contributed by atoms with Crippen molar-refractivity contribution >= 4 is 0 Å². The van der Waals surface area contributed by atoms with Crippen molar-refractivity contribution in [3.63, 3.8) is 0 Å². The number of nitriles is 1. The molecule has 74 valence electrons. The Hall–Kier alpha value is -2.22. The Kier molecular flexibility index (Phi) is 2.18. The Morgan fingerprint density at radius 2 is 2.27 bits per heavy atom. The van der Waals surface area contributed by atoms with E-state index in [4.69, 9.17) is 5.26 Å². The van der Waals surface area contributed by atoms with Crippen molar-refractivity contribution in [3.05, 3.63) is 35.8 Å². The molecule has 4 nitrogen and oxygen atoms in total. The first kappa shape index (κ1) is 9.34. The summed E-state index contributed by atoms with van der Waals surface area (Å²) in [6, 6.07) is 6.06. The van der Waals surface area contributed by atoms with E-state index in [0.717, 1.165) is 0 Å². The number of aromatic nitrogens is 3. The highest BCUT2D eigenvalue weighted by Crippen LogP contribution is 2.18. The maximum atomic E-state index is 13.0. The van der Waals surface area contributed by atoms with Crippen LogP contribution in [-0.2, 0) is 7.05 Å². The number of aryl methyl sites for hydroxylation is 1. The molecule has 0 spiro atoms. The van der Waals surface area contributed by atoms with E-state index in [9.17, 15) is 4.39 Å². The number of hydrogen-bond acceptors (Lipinski definition) is 3. The minimum Gasteiger partial charge on any atom is -0.255 e. The Morgan fingerprint density at radius 3 is 2.87 bits per heavy atom. The van der Waals surface area contributed by atoms with E-state index in [0.29, 0.717) is 11.3 Å². The van der Waals surface area contributed by atoms with Gasteiger partial charge in [-0.25, -0.2) is 4.39 Å². The average molecular weight is 202 g/mol. The Labute approximate surface area is 85.6 Å². The molecule has 1 aromatic heterocycles. The van der Waals surface area contributed by atoms with E-state index in [-0.39, 0.29) is 5.56 Å². The number of halogens is 1. The molecule has 5 heteroatoms. The number of nitrogens with zero attached hydrogens (tertiary/aromatic N) is 4. The van der Waals surface area contributed by atoms with E-state index in [2.05, 4.69) is 10.3 Å². The second kappa shape index (κ2) is 3.50. The molecule has 1 aromatic carbocycles. The van der Waals surface area contributed by atoms with Gasteiger partial charge in [0.2, 0.25) is 0 Å². The van der Waals surface area contributed by atoms with Crippen molar-refractivity contribution in [2.24, 2.45) is 7.05 Å². The molecule has 15 heavy (non-hydrogen) atoms. The summed E-state index contributed by atoms with van der Waals surface area (Å²) in [5.41, 5.74) is 1.31. The number of rotatable bonds is 1. The molecule has 0 aliphatic heterocycles. The van der Waals surface area contributed by atoms with Gasteiger partial charge in [0.1, 0.15) is 17.6 Å². The third-order valence-electron chi connectivity index (χ3n) is 1.99. The van der Waals surface area contributed by atoms with Crippen molar-refractivity contribution in [3.8, 4) is 17.3 Å². The van der Waals surface area contributed by atoms with Gasteiger partial charge < -0.3 is 0 Å². The van der Waals surface area contributed by atoms with Crippen molar-refractivity contribution in [2.45, 2.75) is 0 Å². The van der Waals surface area contributed by atoms with E-state index in [1.165, 1.54) is 12.1 Å². The summed E-state index contributed by atoms with van der Waals surface area (Å²) in [4.78, 5) is 0. The molecule has 0 N–H and O–H groups in total. The molecular formula is C10H7FN4. The largest absolute Gasteiger partial charge is 0.255 e. The van der Waals surface area contributed by atoms with Crippen LogP contribution < -0.4 is 0 Å². The van der Waals surface area contributed by atoms with Gasteiger partial charge in [-0.3, -0.25) is 4.68 Å². The first-order chi connectivity index (χ1) is 7.20. The third kappa shape index (κ3) is 1.70. The Morgan fingerprint density at radius 1 is 1.47 bits per heavy atom. The van der Waals surface area contributed by atoms with Crippen LogP contribution in [0.25, 0.3) is 11.3 Å². The van der Waals surface area contributed by atoms with Crippen LogP contribution in [-0.4, -0.2) is 15.0 Å². The van der Waals surface area contributed by atoms with Crippen LogP contribution in [0.5, 0.6) is 0 Å². The molecule has 2 rings (SSSR count). The Balaban J connectivity index is 2.51. The van der Waals surface area contributed by atoms with Gasteiger partial charge in [-0.15, -0.1) is 5.10 Å². The zero-order valence-electron chi connectivity index (χ0n) is 7.98. The maximum Gasteiger partial charge on any atom is 0.140 e. The van der Waals surface area contributed by atoms with E-state index in [1.807, 2.05) is 0 Å². The predicted molar refractivity (Wildman–Crippen MR) is 51.1 cm³/mol. The van der Waals surface area contributed by atoms with E-state index < -0.39 is 5.82 Å². The first-order valence-electron chi connectivity index (χ1n) is 4.27. The van der Waals surface area contributed by atoms with Gasteiger partial charge in [0.25, 0.3) is 0 Å². The van der Waals surface area contributed by atoms with Crippen molar-refractivity contribution in [2.75, 3.05) is 0 Å². The zero-order valence-corrected chi connectivity index (χ0v) is 7.98. The smallest absolute Gasteiger partial charge is 0.140 e. The molecule has 0 bridgehead atoms. The van der Waals surface area contributed by atoms with Gasteiger partial charge in [0.15, 0.2) is 0 Å². The molecule has 1 heterocycles.